The zero-order valence-corrected chi connectivity index (χ0v) is 18.1. The van der Waals surface area contributed by atoms with Crippen LogP contribution in [-0.2, 0) is 6.54 Å². The number of likely N-dealkylation sites (N-methyl/N-ethyl adjacent to an activating group) is 1. The van der Waals surface area contributed by atoms with Crippen molar-refractivity contribution in [2.75, 3.05) is 20.6 Å². The van der Waals surface area contributed by atoms with Crippen LogP contribution in [0.1, 0.15) is 0 Å². The summed E-state index contributed by atoms with van der Waals surface area (Å²) < 4.78 is 22.4. The predicted molar refractivity (Wildman–Crippen MR) is 121 cm³/mol. The van der Waals surface area contributed by atoms with Crippen molar-refractivity contribution in [3.8, 4) is 21.9 Å². The van der Waals surface area contributed by atoms with E-state index in [2.05, 4.69) is 4.98 Å². The van der Waals surface area contributed by atoms with Crippen molar-refractivity contribution in [2.45, 2.75) is 6.54 Å². The molecule has 0 unspecified atom stereocenters. The van der Waals surface area contributed by atoms with E-state index in [1.165, 1.54) is 29.5 Å². The van der Waals surface area contributed by atoms with E-state index in [0.717, 1.165) is 23.1 Å². The summed E-state index contributed by atoms with van der Waals surface area (Å²) in [6, 6.07) is 10.0. The molecule has 0 spiro atoms. The van der Waals surface area contributed by atoms with Crippen LogP contribution in [0.2, 0.25) is 0 Å². The van der Waals surface area contributed by atoms with Gasteiger partial charge in [-0.15, -0.1) is 11.3 Å². The van der Waals surface area contributed by atoms with Crippen LogP contribution in [0.15, 0.2) is 59.7 Å². The third-order valence-corrected chi connectivity index (χ3v) is 5.97. The van der Waals surface area contributed by atoms with Gasteiger partial charge in [0.25, 0.3) is 11.2 Å². The number of nitro benzene ring substituents is 1. The summed E-state index contributed by atoms with van der Waals surface area (Å²) in [6.45, 7) is 1.30. The van der Waals surface area contributed by atoms with E-state index in [1.807, 2.05) is 31.3 Å². The van der Waals surface area contributed by atoms with Crippen molar-refractivity contribution in [1.82, 2.24) is 14.5 Å². The fourth-order valence-corrected chi connectivity index (χ4v) is 4.16. The molecule has 0 aliphatic heterocycles. The molecule has 0 bridgehead atoms. The molecule has 4 rings (SSSR count). The molecule has 8 nitrogen and oxygen atoms in total. The molecular formula is C22H19FN4O4S. The maximum atomic E-state index is 14.3. The monoisotopic (exact) mass is 454 g/mol. The number of fused-ring (bicyclic) bond motifs is 1. The number of nitrogens with zero attached hydrogens (tertiary/aromatic N) is 4. The Morgan fingerprint density at radius 2 is 2.00 bits per heavy atom. The first kappa shape index (κ1) is 21.6. The van der Waals surface area contributed by atoms with Crippen molar-refractivity contribution in [1.29, 1.82) is 0 Å². The number of pyridine rings is 2. The molecule has 1 aromatic carbocycles. The van der Waals surface area contributed by atoms with Crippen molar-refractivity contribution in [2.24, 2.45) is 0 Å². The van der Waals surface area contributed by atoms with Crippen LogP contribution in [-0.4, -0.2) is 40.0 Å². The summed E-state index contributed by atoms with van der Waals surface area (Å²) in [4.78, 5) is 29.6. The van der Waals surface area contributed by atoms with Crippen LogP contribution in [0.5, 0.6) is 11.5 Å². The van der Waals surface area contributed by atoms with Crippen LogP contribution >= 0.6 is 11.3 Å². The number of halogens is 1. The highest BCUT2D eigenvalue weighted by atomic mass is 32.1. The topological polar surface area (TPSA) is 90.5 Å². The van der Waals surface area contributed by atoms with Gasteiger partial charge < -0.3 is 14.2 Å². The van der Waals surface area contributed by atoms with Crippen LogP contribution in [0.4, 0.5) is 10.1 Å². The first-order valence-corrected chi connectivity index (χ1v) is 10.5. The second-order valence-electron chi connectivity index (χ2n) is 7.36. The Bertz CT molecular complexity index is 1370. The molecule has 10 heteroatoms. The SMILES string of the molecule is CN(C)CCn1cc(-c2cc3nccc(Oc4ccc([N+](=O)[O-])cc4F)c3s2)ccc1=O. The molecule has 4 aromatic rings. The Kier molecular flexibility index (Phi) is 5.97. The van der Waals surface area contributed by atoms with Gasteiger partial charge in [0, 0.05) is 54.1 Å². The standard InChI is InChI=1S/C22H19FN4O4S/c1-25(2)9-10-26-13-14(3-6-21(26)28)20-12-17-22(32-20)19(7-8-24-17)31-18-5-4-15(27(29)30)11-16(18)23/h3-8,11-13H,9-10H2,1-2H3. The van der Waals surface area contributed by atoms with Gasteiger partial charge in [-0.1, -0.05) is 0 Å². The third kappa shape index (κ3) is 4.51. The van der Waals surface area contributed by atoms with Crippen molar-refractivity contribution < 1.29 is 14.1 Å². The summed E-state index contributed by atoms with van der Waals surface area (Å²) >= 11 is 1.41. The smallest absolute Gasteiger partial charge is 0.272 e. The maximum Gasteiger partial charge on any atom is 0.272 e. The number of rotatable bonds is 7. The molecule has 164 valence electrons. The van der Waals surface area contributed by atoms with Gasteiger partial charge in [-0.05, 0) is 32.3 Å². The van der Waals surface area contributed by atoms with Gasteiger partial charge in [0.05, 0.1) is 21.2 Å². The Labute approximate surface area is 186 Å². The van der Waals surface area contributed by atoms with Gasteiger partial charge in [0.15, 0.2) is 11.6 Å². The largest absolute Gasteiger partial charge is 0.453 e. The highest BCUT2D eigenvalue weighted by Gasteiger charge is 2.16. The molecule has 0 atom stereocenters. The lowest BCUT2D eigenvalue weighted by molar-refractivity contribution is -0.385. The summed E-state index contributed by atoms with van der Waals surface area (Å²) in [6.07, 6.45) is 3.36. The molecule has 0 saturated carbocycles. The number of non-ortho nitro benzene ring substituents is 1. The zero-order valence-electron chi connectivity index (χ0n) is 17.3. The molecule has 3 heterocycles. The Morgan fingerprint density at radius 1 is 1.19 bits per heavy atom. The number of aromatic nitrogens is 2. The molecule has 0 saturated heterocycles. The lowest BCUT2D eigenvalue weighted by Crippen LogP contribution is -2.25. The minimum absolute atomic E-state index is 0.0764. The number of hydrogen-bond acceptors (Lipinski definition) is 7. The van der Waals surface area contributed by atoms with E-state index in [1.54, 1.807) is 22.9 Å². The molecule has 3 aromatic heterocycles. The first-order chi connectivity index (χ1) is 15.3. The van der Waals surface area contributed by atoms with E-state index < -0.39 is 10.7 Å². The molecule has 32 heavy (non-hydrogen) atoms. The number of hydrogen-bond donors (Lipinski definition) is 0. The molecule has 0 aliphatic rings. The van der Waals surface area contributed by atoms with Crippen molar-refractivity contribution in [3.05, 3.63) is 81.1 Å². The number of nitro groups is 1. The summed E-state index contributed by atoms with van der Waals surface area (Å²) in [7, 11) is 3.89. The Balaban J connectivity index is 1.68. The zero-order chi connectivity index (χ0) is 22.8. The van der Waals surface area contributed by atoms with E-state index in [-0.39, 0.29) is 17.0 Å². The number of ether oxygens (including phenoxy) is 1. The van der Waals surface area contributed by atoms with Crippen LogP contribution in [0.25, 0.3) is 20.7 Å². The fourth-order valence-electron chi connectivity index (χ4n) is 3.10. The molecule has 0 fully saturated rings. The van der Waals surface area contributed by atoms with Crippen LogP contribution in [0.3, 0.4) is 0 Å². The first-order valence-electron chi connectivity index (χ1n) is 9.68. The van der Waals surface area contributed by atoms with Gasteiger partial charge in [-0.3, -0.25) is 19.9 Å². The second kappa shape index (κ2) is 8.85. The Morgan fingerprint density at radius 3 is 2.72 bits per heavy atom. The normalized spacial score (nSPS) is 11.2. The number of benzene rings is 1. The van der Waals surface area contributed by atoms with Crippen molar-refractivity contribution >= 4 is 27.2 Å². The van der Waals surface area contributed by atoms with Crippen molar-refractivity contribution in [3.63, 3.8) is 0 Å². The van der Waals surface area contributed by atoms with Gasteiger partial charge in [-0.2, -0.15) is 0 Å². The quantitative estimate of drug-likeness (QED) is 0.301. The minimum atomic E-state index is -0.825. The van der Waals surface area contributed by atoms with Gasteiger partial charge >= 0.3 is 0 Å². The highest BCUT2D eigenvalue weighted by Crippen LogP contribution is 2.39. The van der Waals surface area contributed by atoms with Gasteiger partial charge in [0.2, 0.25) is 0 Å². The molecule has 0 amide bonds. The second-order valence-corrected chi connectivity index (χ2v) is 8.41. The fraction of sp³-hybridized carbons (Fsp3) is 0.182. The van der Waals surface area contributed by atoms with Gasteiger partial charge in [0.1, 0.15) is 5.75 Å². The molecule has 0 radical (unpaired) electrons. The van der Waals surface area contributed by atoms with Crippen LogP contribution in [0, 0.1) is 15.9 Å². The third-order valence-electron chi connectivity index (χ3n) is 4.78. The van der Waals surface area contributed by atoms with Gasteiger partial charge in [-0.25, -0.2) is 4.39 Å². The lowest BCUT2D eigenvalue weighted by atomic mass is 10.2. The summed E-state index contributed by atoms with van der Waals surface area (Å²) in [5.41, 5.74) is 1.10. The molecular weight excluding hydrogens is 435 g/mol. The van der Waals surface area contributed by atoms with E-state index in [0.29, 0.717) is 22.5 Å². The number of thiophene rings is 1. The molecule has 0 N–H and O–H groups in total. The summed E-state index contributed by atoms with van der Waals surface area (Å²) in [5, 5.41) is 10.8. The van der Waals surface area contributed by atoms with E-state index in [4.69, 9.17) is 4.74 Å². The van der Waals surface area contributed by atoms with Crippen LogP contribution < -0.4 is 10.3 Å². The predicted octanol–water partition coefficient (Wildman–Crippen LogP) is 4.53. The highest BCUT2D eigenvalue weighted by molar-refractivity contribution is 7.22. The minimum Gasteiger partial charge on any atom is -0.453 e. The van der Waals surface area contributed by atoms with E-state index >= 15 is 0 Å². The Hall–Kier alpha value is -3.63. The summed E-state index contributed by atoms with van der Waals surface area (Å²) in [5.74, 6) is -0.552. The molecule has 0 aliphatic carbocycles. The maximum absolute atomic E-state index is 14.3. The average Bonchev–Trinajstić information content (AvgIpc) is 3.19. The lowest BCUT2D eigenvalue weighted by Gasteiger charge is -2.11. The van der Waals surface area contributed by atoms with E-state index in [9.17, 15) is 19.3 Å². The average molecular weight is 454 g/mol.